The van der Waals surface area contributed by atoms with Crippen molar-refractivity contribution in [3.8, 4) is 11.5 Å². The summed E-state index contributed by atoms with van der Waals surface area (Å²) in [6.45, 7) is 0.944. The Bertz CT molecular complexity index is 1080. The number of nitrogens with zero attached hydrogens (tertiary/aromatic N) is 1. The minimum absolute atomic E-state index is 0.00765. The molecular weight excluding hydrogens is 394 g/mol. The van der Waals surface area contributed by atoms with Crippen LogP contribution in [0.1, 0.15) is 28.8 Å². The van der Waals surface area contributed by atoms with Crippen LogP contribution in [0.2, 0.25) is 5.15 Å². The van der Waals surface area contributed by atoms with E-state index in [2.05, 4.69) is 4.98 Å². The van der Waals surface area contributed by atoms with Crippen molar-refractivity contribution in [1.82, 2.24) is 4.98 Å². The van der Waals surface area contributed by atoms with Crippen molar-refractivity contribution in [2.75, 3.05) is 13.2 Å². The van der Waals surface area contributed by atoms with Crippen molar-refractivity contribution in [1.29, 1.82) is 0 Å². The van der Waals surface area contributed by atoms with Crippen LogP contribution in [0.25, 0.3) is 10.9 Å². The summed E-state index contributed by atoms with van der Waals surface area (Å²) >= 11 is 6.17. The monoisotopic (exact) mass is 411 g/mol. The molecule has 0 atom stereocenters. The molecule has 0 amide bonds. The average Bonchev–Trinajstić information content (AvgIpc) is 2.75. The Morgan fingerprint density at radius 1 is 1.00 bits per heavy atom. The number of benzene rings is 2. The fourth-order valence-corrected chi connectivity index (χ4v) is 3.24. The topological polar surface area (TPSA) is 74.7 Å². The van der Waals surface area contributed by atoms with Crippen LogP contribution in [0.4, 0.5) is 0 Å². The van der Waals surface area contributed by atoms with Crippen LogP contribution in [0.15, 0.2) is 48.5 Å². The molecule has 7 heteroatoms. The Labute approximate surface area is 172 Å². The number of ether oxygens (including phenoxy) is 3. The normalized spacial score (nSPS) is 12.6. The number of carbonyl (C=O) groups is 2. The number of esters is 1. The van der Waals surface area contributed by atoms with Gasteiger partial charge in [-0.1, -0.05) is 29.8 Å². The lowest BCUT2D eigenvalue weighted by atomic mass is 10.1. The molecule has 1 aromatic heterocycles. The SMILES string of the molecule is O=C(CCC(=O)c1ccc2c(c1)OCCO2)OCc1cc2ccccc2nc1Cl. The van der Waals surface area contributed by atoms with Gasteiger partial charge in [-0.3, -0.25) is 9.59 Å². The van der Waals surface area contributed by atoms with E-state index in [0.717, 1.165) is 10.9 Å². The van der Waals surface area contributed by atoms with Gasteiger partial charge < -0.3 is 14.2 Å². The number of Topliss-reactive ketones (excluding diaryl/α,β-unsaturated/α-hetero) is 1. The average molecular weight is 412 g/mol. The maximum absolute atomic E-state index is 12.4. The lowest BCUT2D eigenvalue weighted by Gasteiger charge is -2.18. The van der Waals surface area contributed by atoms with E-state index < -0.39 is 5.97 Å². The second-order valence-corrected chi connectivity index (χ2v) is 6.93. The Morgan fingerprint density at radius 2 is 1.79 bits per heavy atom. The Balaban J connectivity index is 1.32. The van der Waals surface area contributed by atoms with Gasteiger partial charge in [0.1, 0.15) is 25.0 Å². The lowest BCUT2D eigenvalue weighted by molar-refractivity contribution is -0.144. The summed E-state index contributed by atoms with van der Waals surface area (Å²) < 4.78 is 16.2. The number of hydrogen-bond acceptors (Lipinski definition) is 6. The van der Waals surface area contributed by atoms with E-state index >= 15 is 0 Å². The molecule has 0 spiro atoms. The van der Waals surface area contributed by atoms with Gasteiger partial charge in [-0.25, -0.2) is 4.98 Å². The van der Waals surface area contributed by atoms with E-state index in [1.807, 2.05) is 30.3 Å². The van der Waals surface area contributed by atoms with Gasteiger partial charge in [-0.15, -0.1) is 0 Å². The molecule has 0 saturated heterocycles. The highest BCUT2D eigenvalue weighted by Gasteiger charge is 2.16. The van der Waals surface area contributed by atoms with Gasteiger partial charge in [0.15, 0.2) is 17.3 Å². The molecule has 3 aromatic rings. The maximum Gasteiger partial charge on any atom is 0.306 e. The van der Waals surface area contributed by atoms with Gasteiger partial charge in [0.05, 0.1) is 11.9 Å². The third-order valence-corrected chi connectivity index (χ3v) is 4.89. The number of hydrogen-bond donors (Lipinski definition) is 0. The summed E-state index contributed by atoms with van der Waals surface area (Å²) in [4.78, 5) is 28.8. The summed E-state index contributed by atoms with van der Waals surface area (Å²) in [5.74, 6) is 0.528. The van der Waals surface area contributed by atoms with Crippen molar-refractivity contribution >= 4 is 34.3 Å². The highest BCUT2D eigenvalue weighted by Crippen LogP contribution is 2.31. The van der Waals surface area contributed by atoms with Crippen LogP contribution < -0.4 is 9.47 Å². The zero-order chi connectivity index (χ0) is 20.2. The summed E-state index contributed by atoms with van der Waals surface area (Å²) in [5, 5.41) is 1.21. The second kappa shape index (κ2) is 8.49. The molecule has 0 saturated carbocycles. The molecule has 29 heavy (non-hydrogen) atoms. The van der Waals surface area contributed by atoms with Gasteiger partial charge in [-0.2, -0.15) is 0 Å². The second-order valence-electron chi connectivity index (χ2n) is 6.57. The molecule has 6 nitrogen and oxygen atoms in total. The number of para-hydroxylation sites is 1. The molecule has 0 N–H and O–H groups in total. The molecule has 4 rings (SSSR count). The number of carbonyl (C=O) groups excluding carboxylic acids is 2. The van der Waals surface area contributed by atoms with Crippen LogP contribution in [0, 0.1) is 0 Å². The summed E-state index contributed by atoms with van der Waals surface area (Å²) in [5.41, 5.74) is 1.87. The summed E-state index contributed by atoms with van der Waals surface area (Å²) in [7, 11) is 0. The summed E-state index contributed by atoms with van der Waals surface area (Å²) in [6.07, 6.45) is 0.0219. The van der Waals surface area contributed by atoms with Gasteiger partial charge in [0.2, 0.25) is 0 Å². The first-order chi connectivity index (χ1) is 14.1. The molecular formula is C22H18ClNO5. The molecule has 0 aliphatic carbocycles. The predicted octanol–water partition coefficient (Wildman–Crippen LogP) is 4.37. The predicted molar refractivity (Wildman–Crippen MR) is 108 cm³/mol. The van der Waals surface area contributed by atoms with Crippen molar-refractivity contribution in [3.63, 3.8) is 0 Å². The number of pyridine rings is 1. The third-order valence-electron chi connectivity index (χ3n) is 4.56. The molecule has 0 fully saturated rings. The lowest BCUT2D eigenvalue weighted by Crippen LogP contribution is -2.16. The number of fused-ring (bicyclic) bond motifs is 2. The quantitative estimate of drug-likeness (QED) is 0.340. The molecule has 148 valence electrons. The van der Waals surface area contributed by atoms with Gasteiger partial charge in [-0.05, 0) is 30.3 Å². The first-order valence-corrected chi connectivity index (χ1v) is 9.60. The molecule has 2 heterocycles. The van der Waals surface area contributed by atoms with E-state index in [9.17, 15) is 9.59 Å². The van der Waals surface area contributed by atoms with Crippen molar-refractivity contribution in [2.24, 2.45) is 0 Å². The fraction of sp³-hybridized carbons (Fsp3) is 0.227. The van der Waals surface area contributed by atoms with Crippen molar-refractivity contribution < 1.29 is 23.8 Å². The standard InChI is InChI=1S/C22H18ClNO5/c23-22-16(11-14-3-1-2-4-17(14)24-22)13-29-21(26)8-6-18(25)15-5-7-19-20(12-15)28-10-9-27-19/h1-5,7,11-12H,6,8-10,13H2. The number of rotatable bonds is 6. The van der Waals surface area contributed by atoms with E-state index in [-0.39, 0.29) is 25.2 Å². The van der Waals surface area contributed by atoms with E-state index in [1.54, 1.807) is 18.2 Å². The maximum atomic E-state index is 12.4. The largest absolute Gasteiger partial charge is 0.486 e. The van der Waals surface area contributed by atoms with Crippen molar-refractivity contribution in [3.05, 3.63) is 64.8 Å². The van der Waals surface area contributed by atoms with Crippen LogP contribution in [0.3, 0.4) is 0 Å². The first-order valence-electron chi connectivity index (χ1n) is 9.23. The van der Waals surface area contributed by atoms with Crippen LogP contribution in [0.5, 0.6) is 11.5 Å². The number of ketones is 1. The molecule has 0 unspecified atom stereocenters. The molecule has 0 bridgehead atoms. The molecule has 1 aliphatic heterocycles. The minimum Gasteiger partial charge on any atom is -0.486 e. The van der Waals surface area contributed by atoms with Crippen LogP contribution >= 0.6 is 11.6 Å². The summed E-state index contributed by atoms with van der Waals surface area (Å²) in [6, 6.07) is 14.4. The van der Waals surface area contributed by atoms with Gasteiger partial charge in [0.25, 0.3) is 0 Å². The van der Waals surface area contributed by atoms with Crippen molar-refractivity contribution in [2.45, 2.75) is 19.4 Å². The molecule has 1 aliphatic rings. The zero-order valence-corrected chi connectivity index (χ0v) is 16.3. The van der Waals surface area contributed by atoms with E-state index in [1.165, 1.54) is 0 Å². The van der Waals surface area contributed by atoms with E-state index in [0.29, 0.717) is 41.0 Å². The van der Waals surface area contributed by atoms with Crippen LogP contribution in [-0.2, 0) is 16.1 Å². The number of halogens is 1. The zero-order valence-electron chi connectivity index (χ0n) is 15.5. The minimum atomic E-state index is -0.472. The highest BCUT2D eigenvalue weighted by molar-refractivity contribution is 6.30. The van der Waals surface area contributed by atoms with Gasteiger partial charge >= 0.3 is 5.97 Å². The highest BCUT2D eigenvalue weighted by atomic mass is 35.5. The fourth-order valence-electron chi connectivity index (χ4n) is 3.04. The van der Waals surface area contributed by atoms with E-state index in [4.69, 9.17) is 25.8 Å². The Hall–Kier alpha value is -3.12. The van der Waals surface area contributed by atoms with Gasteiger partial charge in [0, 0.05) is 22.9 Å². The Kier molecular flexibility index (Phi) is 5.62. The smallest absolute Gasteiger partial charge is 0.306 e. The Morgan fingerprint density at radius 3 is 2.66 bits per heavy atom. The molecule has 2 aromatic carbocycles. The first kappa shape index (κ1) is 19.2. The third kappa shape index (κ3) is 4.49. The number of aromatic nitrogens is 1. The van der Waals surface area contributed by atoms with Crippen LogP contribution in [-0.4, -0.2) is 30.0 Å². The molecule has 0 radical (unpaired) electrons.